The Morgan fingerprint density at radius 3 is 1.91 bits per heavy atom. The average Bonchev–Trinajstić information content (AvgIpc) is 3.06. The Hall–Kier alpha value is -2.17. The number of carboxylic acids is 1. The van der Waals surface area contributed by atoms with E-state index >= 15 is 0 Å². The number of aliphatic carboxylic acids is 1. The summed E-state index contributed by atoms with van der Waals surface area (Å²) in [6.07, 6.45) is 0.398. The summed E-state index contributed by atoms with van der Waals surface area (Å²) in [6.45, 7) is 0.377. The predicted octanol–water partition coefficient (Wildman–Crippen LogP) is 1.99. The maximum Gasteiger partial charge on any atom is 0.307 e. The average molecular weight is 297 g/mol. The van der Waals surface area contributed by atoms with Crippen molar-refractivity contribution < 1.29 is 15.0 Å². The van der Waals surface area contributed by atoms with Gasteiger partial charge < -0.3 is 15.5 Å². The number of rotatable bonds is 4. The fourth-order valence-electron chi connectivity index (χ4n) is 3.20. The van der Waals surface area contributed by atoms with Crippen molar-refractivity contribution in [2.45, 2.75) is 18.1 Å². The Balaban J connectivity index is 2.03. The summed E-state index contributed by atoms with van der Waals surface area (Å²) in [6, 6.07) is 18.5. The minimum atomic E-state index is -1.24. The maximum atomic E-state index is 11.5. The van der Waals surface area contributed by atoms with Gasteiger partial charge in [0.05, 0.1) is 5.92 Å². The monoisotopic (exact) mass is 297 g/mol. The van der Waals surface area contributed by atoms with E-state index in [4.69, 9.17) is 0 Å². The highest BCUT2D eigenvalue weighted by Gasteiger charge is 2.45. The summed E-state index contributed by atoms with van der Waals surface area (Å²) in [7, 11) is 0. The summed E-state index contributed by atoms with van der Waals surface area (Å²) in [5.74, 6) is -1.29. The van der Waals surface area contributed by atoms with Crippen molar-refractivity contribution in [2.24, 2.45) is 5.92 Å². The highest BCUT2D eigenvalue weighted by Crippen LogP contribution is 2.37. The summed E-state index contributed by atoms with van der Waals surface area (Å²) >= 11 is 0. The van der Waals surface area contributed by atoms with Crippen LogP contribution in [0.1, 0.15) is 17.5 Å². The van der Waals surface area contributed by atoms with Crippen molar-refractivity contribution in [1.29, 1.82) is 0 Å². The van der Waals surface area contributed by atoms with Gasteiger partial charge in [-0.05, 0) is 17.5 Å². The van der Waals surface area contributed by atoms with Gasteiger partial charge in [-0.2, -0.15) is 0 Å². The van der Waals surface area contributed by atoms with Crippen LogP contribution in [0.3, 0.4) is 0 Å². The van der Waals surface area contributed by atoms with Gasteiger partial charge >= 0.3 is 5.97 Å². The molecule has 114 valence electrons. The Bertz CT molecular complexity index is 602. The predicted molar refractivity (Wildman–Crippen MR) is 83.4 cm³/mol. The molecular weight excluding hydrogens is 278 g/mol. The first-order valence-electron chi connectivity index (χ1n) is 7.42. The van der Waals surface area contributed by atoms with Crippen molar-refractivity contribution in [3.05, 3.63) is 71.8 Å². The third kappa shape index (κ3) is 2.51. The van der Waals surface area contributed by atoms with Gasteiger partial charge in [-0.15, -0.1) is 0 Å². The first-order chi connectivity index (χ1) is 10.6. The normalized spacial score (nSPS) is 21.7. The Labute approximate surface area is 129 Å². The lowest BCUT2D eigenvalue weighted by atomic mass is 9.78. The number of benzene rings is 2. The highest BCUT2D eigenvalue weighted by molar-refractivity contribution is 5.71. The number of hydrogen-bond acceptors (Lipinski definition) is 3. The molecule has 1 heterocycles. The molecule has 1 aliphatic rings. The number of nitrogens with one attached hydrogen (secondary N) is 1. The molecule has 22 heavy (non-hydrogen) atoms. The Kier molecular flexibility index (Phi) is 3.96. The summed E-state index contributed by atoms with van der Waals surface area (Å²) in [5.41, 5.74) is 0.293. The van der Waals surface area contributed by atoms with E-state index in [1.807, 2.05) is 60.7 Å². The van der Waals surface area contributed by atoms with Gasteiger partial charge in [-0.1, -0.05) is 60.7 Å². The second-order valence-electron chi connectivity index (χ2n) is 5.73. The molecule has 2 aromatic carbocycles. The molecule has 0 aromatic heterocycles. The molecule has 1 saturated heterocycles. The van der Waals surface area contributed by atoms with Gasteiger partial charge in [0.2, 0.25) is 0 Å². The van der Waals surface area contributed by atoms with Crippen LogP contribution in [0.25, 0.3) is 0 Å². The van der Waals surface area contributed by atoms with E-state index < -0.39 is 17.5 Å². The van der Waals surface area contributed by atoms with Crippen LogP contribution in [0.2, 0.25) is 0 Å². The number of aliphatic hydroxyl groups is 1. The van der Waals surface area contributed by atoms with Gasteiger partial charge in [-0.3, -0.25) is 4.79 Å². The second kappa shape index (κ2) is 5.91. The first-order valence-corrected chi connectivity index (χ1v) is 7.42. The zero-order valence-corrected chi connectivity index (χ0v) is 12.1. The Morgan fingerprint density at radius 2 is 1.50 bits per heavy atom. The van der Waals surface area contributed by atoms with Crippen LogP contribution in [0.5, 0.6) is 0 Å². The van der Waals surface area contributed by atoms with Crippen LogP contribution in [0, 0.1) is 5.92 Å². The molecule has 0 saturated carbocycles. The molecule has 3 N–H and O–H groups in total. The van der Waals surface area contributed by atoms with Crippen molar-refractivity contribution in [3.63, 3.8) is 0 Å². The lowest BCUT2D eigenvalue weighted by molar-refractivity contribution is -0.141. The lowest BCUT2D eigenvalue weighted by Gasteiger charge is -2.35. The largest absolute Gasteiger partial charge is 0.481 e. The van der Waals surface area contributed by atoms with E-state index in [2.05, 4.69) is 5.32 Å². The van der Waals surface area contributed by atoms with E-state index in [0.29, 0.717) is 13.0 Å². The fourth-order valence-corrected chi connectivity index (χ4v) is 3.20. The minimum absolute atomic E-state index is 0.335. The molecule has 2 aromatic rings. The van der Waals surface area contributed by atoms with Crippen molar-refractivity contribution in [3.8, 4) is 0 Å². The van der Waals surface area contributed by atoms with Gasteiger partial charge in [-0.25, -0.2) is 0 Å². The van der Waals surface area contributed by atoms with Crippen LogP contribution >= 0.6 is 0 Å². The van der Waals surface area contributed by atoms with Crippen LogP contribution in [-0.4, -0.2) is 28.8 Å². The number of carbonyl (C=O) groups is 1. The molecule has 0 bridgehead atoms. The van der Waals surface area contributed by atoms with E-state index in [0.717, 1.165) is 11.1 Å². The summed E-state index contributed by atoms with van der Waals surface area (Å²) in [5, 5.41) is 23.9. The molecule has 0 spiro atoms. The van der Waals surface area contributed by atoms with E-state index in [1.54, 1.807) is 0 Å². The Morgan fingerprint density at radius 1 is 1.00 bits per heavy atom. The maximum absolute atomic E-state index is 11.5. The van der Waals surface area contributed by atoms with Crippen molar-refractivity contribution >= 4 is 5.97 Å². The second-order valence-corrected chi connectivity index (χ2v) is 5.73. The third-order valence-corrected chi connectivity index (χ3v) is 4.41. The third-order valence-electron chi connectivity index (χ3n) is 4.41. The standard InChI is InChI=1S/C18H19NO3/c20-17(21)13-11-16(19-12-13)18(22,14-7-3-1-4-8-14)15-9-5-2-6-10-15/h1-10,13,16,19,22H,11-12H2,(H,20,21)/t13-,16+/m1/s1. The zero-order chi connectivity index (χ0) is 15.6. The summed E-state index contributed by atoms with van der Waals surface area (Å²) in [4.78, 5) is 11.2. The van der Waals surface area contributed by atoms with Crippen LogP contribution in [-0.2, 0) is 10.4 Å². The van der Waals surface area contributed by atoms with Crippen molar-refractivity contribution in [1.82, 2.24) is 5.32 Å². The van der Waals surface area contributed by atoms with E-state index in [1.165, 1.54) is 0 Å². The minimum Gasteiger partial charge on any atom is -0.481 e. The van der Waals surface area contributed by atoms with Gasteiger partial charge in [0, 0.05) is 12.6 Å². The molecular formula is C18H19NO3. The molecule has 0 amide bonds. The molecule has 3 rings (SSSR count). The topological polar surface area (TPSA) is 69.6 Å². The smallest absolute Gasteiger partial charge is 0.307 e. The first kappa shape index (κ1) is 14.8. The molecule has 1 fully saturated rings. The SMILES string of the molecule is O=C(O)[C@H]1CN[C@H](C(O)(c2ccccc2)c2ccccc2)C1. The zero-order valence-electron chi connectivity index (χ0n) is 12.1. The summed E-state index contributed by atoms with van der Waals surface area (Å²) < 4.78 is 0. The van der Waals surface area contributed by atoms with E-state index in [9.17, 15) is 15.0 Å². The van der Waals surface area contributed by atoms with Gasteiger partial charge in [0.25, 0.3) is 0 Å². The van der Waals surface area contributed by atoms with Gasteiger partial charge in [0.1, 0.15) is 5.60 Å². The van der Waals surface area contributed by atoms with Gasteiger partial charge in [0.15, 0.2) is 0 Å². The fraction of sp³-hybridized carbons (Fsp3) is 0.278. The van der Waals surface area contributed by atoms with Crippen molar-refractivity contribution in [2.75, 3.05) is 6.54 Å². The molecule has 0 aliphatic carbocycles. The molecule has 4 nitrogen and oxygen atoms in total. The highest BCUT2D eigenvalue weighted by atomic mass is 16.4. The van der Waals surface area contributed by atoms with E-state index in [-0.39, 0.29) is 6.04 Å². The molecule has 0 radical (unpaired) electrons. The molecule has 0 unspecified atom stereocenters. The lowest BCUT2D eigenvalue weighted by Crippen LogP contribution is -2.46. The molecule has 4 heteroatoms. The quantitative estimate of drug-likeness (QED) is 0.807. The van der Waals surface area contributed by atoms with Crippen LogP contribution < -0.4 is 5.32 Å². The van der Waals surface area contributed by atoms with Crippen LogP contribution in [0.4, 0.5) is 0 Å². The molecule has 1 aliphatic heterocycles. The van der Waals surface area contributed by atoms with Crippen LogP contribution in [0.15, 0.2) is 60.7 Å². The number of hydrogen-bond donors (Lipinski definition) is 3. The number of carboxylic acid groups (broad SMARTS) is 1. The molecule has 2 atom stereocenters.